The van der Waals surface area contributed by atoms with Gasteiger partial charge in [-0.05, 0) is 30.3 Å². The predicted octanol–water partition coefficient (Wildman–Crippen LogP) is 1.07. The Morgan fingerprint density at radius 3 is 2.42 bits per heavy atom. The van der Waals surface area contributed by atoms with Crippen molar-refractivity contribution in [1.29, 1.82) is 0 Å². The Bertz CT molecular complexity index is 736. The standard InChI is InChI=1S/C9H10FNO2.C6H4N4O/c10-8-3-1-7(2-4-8)9(13)11-5-6-12;1-2-7-5(8-3-1)6-9-4-11-10-6/h1-4,12H,5-6H2,(H,11,13);1-4H. The first-order valence-electron chi connectivity index (χ1n) is 6.89. The highest BCUT2D eigenvalue weighted by Crippen LogP contribution is 2.04. The van der Waals surface area contributed by atoms with Crippen LogP contribution < -0.4 is 5.32 Å². The molecule has 0 fully saturated rings. The fourth-order valence-corrected chi connectivity index (χ4v) is 1.56. The lowest BCUT2D eigenvalue weighted by Gasteiger charge is -2.01. The predicted molar refractivity (Wildman–Crippen MR) is 81.1 cm³/mol. The van der Waals surface area contributed by atoms with E-state index >= 15 is 0 Å². The maximum Gasteiger partial charge on any atom is 0.251 e. The monoisotopic (exact) mass is 331 g/mol. The first kappa shape index (κ1) is 17.2. The van der Waals surface area contributed by atoms with Gasteiger partial charge in [-0.2, -0.15) is 4.98 Å². The highest BCUT2D eigenvalue weighted by molar-refractivity contribution is 5.94. The highest BCUT2D eigenvalue weighted by Gasteiger charge is 2.03. The molecule has 0 bridgehead atoms. The van der Waals surface area contributed by atoms with Crippen LogP contribution >= 0.6 is 0 Å². The van der Waals surface area contributed by atoms with Crippen LogP contribution in [-0.2, 0) is 0 Å². The molecule has 0 saturated heterocycles. The molecule has 0 saturated carbocycles. The lowest BCUT2D eigenvalue weighted by atomic mass is 10.2. The van der Waals surface area contributed by atoms with E-state index < -0.39 is 0 Å². The third kappa shape index (κ3) is 5.21. The molecule has 0 spiro atoms. The van der Waals surface area contributed by atoms with E-state index in [4.69, 9.17) is 5.11 Å². The zero-order valence-electron chi connectivity index (χ0n) is 12.5. The van der Waals surface area contributed by atoms with Crippen LogP contribution in [0.4, 0.5) is 4.39 Å². The second kappa shape index (κ2) is 9.06. The summed E-state index contributed by atoms with van der Waals surface area (Å²) in [6, 6.07) is 6.94. The number of carbonyl (C=O) groups excluding carboxylic acids is 1. The van der Waals surface area contributed by atoms with Crippen molar-refractivity contribution in [3.63, 3.8) is 0 Å². The lowest BCUT2D eigenvalue weighted by molar-refractivity contribution is 0.0944. The van der Waals surface area contributed by atoms with Crippen molar-refractivity contribution in [3.05, 3.63) is 60.5 Å². The summed E-state index contributed by atoms with van der Waals surface area (Å²) in [5.74, 6) is 0.194. The molecule has 1 aromatic carbocycles. The molecule has 3 rings (SSSR count). The number of halogens is 1. The first-order chi connectivity index (χ1) is 11.7. The fourth-order valence-electron chi connectivity index (χ4n) is 1.56. The molecular formula is C15H14FN5O3. The molecule has 2 N–H and O–H groups in total. The van der Waals surface area contributed by atoms with Crippen LogP contribution in [-0.4, -0.2) is 44.3 Å². The van der Waals surface area contributed by atoms with Crippen LogP contribution in [0.2, 0.25) is 0 Å². The van der Waals surface area contributed by atoms with E-state index in [0.717, 1.165) is 0 Å². The number of hydrogen-bond acceptors (Lipinski definition) is 7. The Morgan fingerprint density at radius 2 is 1.83 bits per heavy atom. The van der Waals surface area contributed by atoms with Crippen LogP contribution in [0.15, 0.2) is 53.6 Å². The average Bonchev–Trinajstić information content (AvgIpc) is 3.16. The van der Waals surface area contributed by atoms with Gasteiger partial charge in [0.05, 0.1) is 6.61 Å². The molecule has 3 aromatic rings. The topological polar surface area (TPSA) is 114 Å². The molecule has 124 valence electrons. The number of aliphatic hydroxyl groups is 1. The van der Waals surface area contributed by atoms with Crippen LogP contribution in [0.5, 0.6) is 0 Å². The number of nitrogens with one attached hydrogen (secondary N) is 1. The minimum atomic E-state index is -0.376. The van der Waals surface area contributed by atoms with Gasteiger partial charge < -0.3 is 14.9 Å². The number of amides is 1. The average molecular weight is 331 g/mol. The summed E-state index contributed by atoms with van der Waals surface area (Å²) in [6.45, 7) is 0.100. The largest absolute Gasteiger partial charge is 0.395 e. The maximum absolute atomic E-state index is 12.4. The van der Waals surface area contributed by atoms with Crippen LogP contribution in [0.25, 0.3) is 11.6 Å². The SMILES string of the molecule is O=C(NCCO)c1ccc(F)cc1.c1cnc(-c2ncon2)nc1. The van der Waals surface area contributed by atoms with Crippen molar-refractivity contribution in [2.75, 3.05) is 13.2 Å². The Kier molecular flexibility index (Phi) is 6.47. The summed E-state index contributed by atoms with van der Waals surface area (Å²) in [5, 5.41) is 14.5. The molecule has 1 amide bonds. The van der Waals surface area contributed by atoms with E-state index in [1.54, 1.807) is 18.5 Å². The Hall–Kier alpha value is -3.20. The van der Waals surface area contributed by atoms with Crippen molar-refractivity contribution in [3.8, 4) is 11.6 Å². The van der Waals surface area contributed by atoms with E-state index in [2.05, 4.69) is 29.9 Å². The summed E-state index contributed by atoms with van der Waals surface area (Å²) in [7, 11) is 0. The lowest BCUT2D eigenvalue weighted by Crippen LogP contribution is -2.26. The van der Waals surface area contributed by atoms with Gasteiger partial charge in [0.1, 0.15) is 5.82 Å². The summed E-state index contributed by atoms with van der Waals surface area (Å²) in [5.41, 5.74) is 0.384. The van der Waals surface area contributed by atoms with Gasteiger partial charge in [-0.1, -0.05) is 5.16 Å². The Morgan fingerprint density at radius 1 is 1.12 bits per heavy atom. The quantitative estimate of drug-likeness (QED) is 0.735. The Labute approximate surface area is 136 Å². The Balaban J connectivity index is 0.000000175. The van der Waals surface area contributed by atoms with E-state index in [1.165, 1.54) is 30.7 Å². The first-order valence-corrected chi connectivity index (χ1v) is 6.89. The van der Waals surface area contributed by atoms with Gasteiger partial charge in [-0.3, -0.25) is 4.79 Å². The van der Waals surface area contributed by atoms with Crippen LogP contribution in [0, 0.1) is 5.82 Å². The molecule has 0 unspecified atom stereocenters. The number of nitrogens with zero attached hydrogens (tertiary/aromatic N) is 4. The number of aromatic nitrogens is 4. The van der Waals surface area contributed by atoms with Crippen molar-refractivity contribution in [1.82, 2.24) is 25.4 Å². The summed E-state index contributed by atoms with van der Waals surface area (Å²) < 4.78 is 17.0. The van der Waals surface area contributed by atoms with Crippen molar-refractivity contribution in [2.24, 2.45) is 0 Å². The molecule has 0 radical (unpaired) electrons. The van der Waals surface area contributed by atoms with Crippen molar-refractivity contribution < 1.29 is 18.8 Å². The summed E-state index contributed by atoms with van der Waals surface area (Å²) >= 11 is 0. The van der Waals surface area contributed by atoms with Gasteiger partial charge in [0, 0.05) is 24.5 Å². The van der Waals surface area contributed by atoms with E-state index in [9.17, 15) is 9.18 Å². The van der Waals surface area contributed by atoms with Gasteiger partial charge in [-0.25, -0.2) is 14.4 Å². The molecule has 2 aromatic heterocycles. The molecule has 8 nitrogen and oxygen atoms in total. The third-order valence-corrected chi connectivity index (χ3v) is 2.63. The second-order valence-corrected chi connectivity index (χ2v) is 4.31. The number of rotatable bonds is 4. The molecule has 24 heavy (non-hydrogen) atoms. The van der Waals surface area contributed by atoms with Gasteiger partial charge in [0.15, 0.2) is 0 Å². The maximum atomic E-state index is 12.4. The summed E-state index contributed by atoms with van der Waals surface area (Å²) in [6.07, 6.45) is 4.49. The summed E-state index contributed by atoms with van der Waals surface area (Å²) in [4.78, 5) is 22.8. The van der Waals surface area contributed by atoms with Crippen molar-refractivity contribution in [2.45, 2.75) is 0 Å². The fraction of sp³-hybridized carbons (Fsp3) is 0.133. The van der Waals surface area contributed by atoms with Gasteiger partial charge in [0.2, 0.25) is 18.0 Å². The third-order valence-electron chi connectivity index (χ3n) is 2.63. The van der Waals surface area contributed by atoms with Gasteiger partial charge in [0.25, 0.3) is 5.91 Å². The zero-order chi connectivity index (χ0) is 17.2. The molecule has 0 atom stereocenters. The zero-order valence-corrected chi connectivity index (χ0v) is 12.5. The minimum Gasteiger partial charge on any atom is -0.395 e. The van der Waals surface area contributed by atoms with Gasteiger partial charge >= 0.3 is 0 Å². The van der Waals surface area contributed by atoms with Gasteiger partial charge in [-0.15, -0.1) is 0 Å². The van der Waals surface area contributed by atoms with Crippen LogP contribution in [0.1, 0.15) is 10.4 Å². The molecule has 9 heteroatoms. The number of benzene rings is 1. The smallest absolute Gasteiger partial charge is 0.251 e. The molecule has 2 heterocycles. The minimum absolute atomic E-state index is 0.104. The van der Waals surface area contributed by atoms with E-state index in [1.807, 2.05) is 0 Å². The second-order valence-electron chi connectivity index (χ2n) is 4.31. The molecular weight excluding hydrogens is 317 g/mol. The molecule has 0 aliphatic rings. The highest BCUT2D eigenvalue weighted by atomic mass is 19.1. The number of aliphatic hydroxyl groups excluding tert-OH is 1. The number of hydrogen-bond donors (Lipinski definition) is 2. The van der Waals surface area contributed by atoms with E-state index in [0.29, 0.717) is 17.2 Å². The molecule has 0 aliphatic heterocycles. The van der Waals surface area contributed by atoms with E-state index in [-0.39, 0.29) is 24.9 Å². The van der Waals surface area contributed by atoms with Crippen molar-refractivity contribution >= 4 is 5.91 Å². The normalized spacial score (nSPS) is 9.75. The molecule has 0 aliphatic carbocycles. The number of carbonyl (C=O) groups is 1. The van der Waals surface area contributed by atoms with Crippen LogP contribution in [0.3, 0.4) is 0 Å².